The van der Waals surface area contributed by atoms with Gasteiger partial charge in [0.25, 0.3) is 0 Å². The first kappa shape index (κ1) is 23.1. The van der Waals surface area contributed by atoms with E-state index in [1.807, 2.05) is 54.5 Å². The molecule has 0 radical (unpaired) electrons. The van der Waals surface area contributed by atoms with Crippen LogP contribution in [0.2, 0.25) is 0 Å². The third-order valence-electron chi connectivity index (χ3n) is 2.21. The fourth-order valence-corrected chi connectivity index (χ4v) is 1.53. The third-order valence-corrected chi connectivity index (χ3v) is 2.21. The average molecular weight is 321 g/mol. The molecule has 2 heterocycles. The van der Waals surface area contributed by atoms with Crippen molar-refractivity contribution >= 4 is 5.97 Å². The molecule has 5 nitrogen and oxygen atoms in total. The molecule has 0 aliphatic rings. The van der Waals surface area contributed by atoms with Crippen LogP contribution in [0.25, 0.3) is 5.69 Å². The first-order valence-corrected chi connectivity index (χ1v) is 8.36. The van der Waals surface area contributed by atoms with Gasteiger partial charge in [-0.3, -0.25) is 4.98 Å². The Kier molecular flexibility index (Phi) is 14.8. The Morgan fingerprint density at radius 3 is 2.26 bits per heavy atom. The molecule has 2 rings (SSSR count). The lowest BCUT2D eigenvalue weighted by atomic mass is 10.3. The van der Waals surface area contributed by atoms with Gasteiger partial charge in [-0.25, -0.2) is 9.48 Å². The first-order chi connectivity index (χ1) is 11.2. The topological polar surface area (TPSA) is 57.0 Å². The molecule has 0 spiro atoms. The molecule has 0 unspecified atom stereocenters. The second kappa shape index (κ2) is 14.8. The SMILES string of the molecule is CC.CC.CC.CCOC(=O)c1cc(C)nn1-c1cccnc1. The molecule has 2 aromatic heterocycles. The molecule has 5 heteroatoms. The molecule has 0 N–H and O–H groups in total. The van der Waals surface area contributed by atoms with Crippen molar-refractivity contribution in [1.82, 2.24) is 14.8 Å². The molecule has 0 atom stereocenters. The van der Waals surface area contributed by atoms with Gasteiger partial charge < -0.3 is 4.74 Å². The van der Waals surface area contributed by atoms with Crippen LogP contribution in [0.5, 0.6) is 0 Å². The molecule has 23 heavy (non-hydrogen) atoms. The van der Waals surface area contributed by atoms with E-state index in [0.29, 0.717) is 12.3 Å². The summed E-state index contributed by atoms with van der Waals surface area (Å²) in [5.74, 6) is -0.378. The Labute approximate surface area is 140 Å². The lowest BCUT2D eigenvalue weighted by Gasteiger charge is -2.05. The molecule has 2 aromatic rings. The maximum Gasteiger partial charge on any atom is 0.357 e. The number of carbonyl (C=O) groups excluding carboxylic acids is 1. The van der Waals surface area contributed by atoms with Crippen LogP contribution in [0.3, 0.4) is 0 Å². The molecular formula is C18H31N3O2. The Bertz CT molecular complexity index is 522. The summed E-state index contributed by atoms with van der Waals surface area (Å²) in [5.41, 5.74) is 1.91. The summed E-state index contributed by atoms with van der Waals surface area (Å²) in [7, 11) is 0. The number of ether oxygens (including phenoxy) is 1. The second-order valence-corrected chi connectivity index (χ2v) is 3.51. The van der Waals surface area contributed by atoms with E-state index in [1.165, 1.54) is 0 Å². The quantitative estimate of drug-likeness (QED) is 0.760. The van der Waals surface area contributed by atoms with Crippen LogP contribution in [0, 0.1) is 6.92 Å². The lowest BCUT2D eigenvalue weighted by molar-refractivity contribution is 0.0515. The monoisotopic (exact) mass is 321 g/mol. The van der Waals surface area contributed by atoms with Gasteiger partial charge in [-0.05, 0) is 32.0 Å². The summed E-state index contributed by atoms with van der Waals surface area (Å²) in [6, 6.07) is 5.33. The number of aromatic nitrogens is 3. The Morgan fingerprint density at radius 2 is 1.78 bits per heavy atom. The molecule has 0 fully saturated rings. The van der Waals surface area contributed by atoms with Crippen LogP contribution >= 0.6 is 0 Å². The van der Waals surface area contributed by atoms with Gasteiger partial charge in [-0.15, -0.1) is 0 Å². The standard InChI is InChI=1S/C12H13N3O2.3C2H6/c1-3-17-12(16)11-7-9(2)14-15(11)10-5-4-6-13-8-10;3*1-2/h4-8H,3H2,1-2H3;3*1-2H3. The van der Waals surface area contributed by atoms with E-state index in [0.717, 1.165) is 11.4 Å². The van der Waals surface area contributed by atoms with Crippen LogP contribution < -0.4 is 0 Å². The average Bonchev–Trinajstić information content (AvgIpc) is 3.03. The van der Waals surface area contributed by atoms with Crippen LogP contribution in [-0.2, 0) is 4.74 Å². The molecule has 0 aliphatic carbocycles. The van der Waals surface area contributed by atoms with Crippen molar-refractivity contribution in [2.45, 2.75) is 55.4 Å². The minimum absolute atomic E-state index is 0.343. The highest BCUT2D eigenvalue weighted by Crippen LogP contribution is 2.12. The van der Waals surface area contributed by atoms with E-state index in [4.69, 9.17) is 4.74 Å². The summed E-state index contributed by atoms with van der Waals surface area (Å²) < 4.78 is 6.53. The highest BCUT2D eigenvalue weighted by Gasteiger charge is 2.16. The maximum atomic E-state index is 11.7. The minimum atomic E-state index is -0.378. The summed E-state index contributed by atoms with van der Waals surface area (Å²) in [5, 5.41) is 4.26. The number of pyridine rings is 1. The zero-order chi connectivity index (χ0) is 18.3. The number of nitrogens with zero attached hydrogens (tertiary/aromatic N) is 3. The molecule has 0 bridgehead atoms. The van der Waals surface area contributed by atoms with Gasteiger partial charge in [0.2, 0.25) is 0 Å². The molecule has 0 amide bonds. The zero-order valence-corrected chi connectivity index (χ0v) is 15.8. The van der Waals surface area contributed by atoms with Crippen molar-refractivity contribution in [3.63, 3.8) is 0 Å². The number of hydrogen-bond acceptors (Lipinski definition) is 4. The van der Waals surface area contributed by atoms with Crippen molar-refractivity contribution < 1.29 is 9.53 Å². The number of aryl methyl sites for hydroxylation is 1. The number of carbonyl (C=O) groups is 1. The highest BCUT2D eigenvalue weighted by molar-refractivity contribution is 5.88. The Balaban J connectivity index is 0. The zero-order valence-electron chi connectivity index (χ0n) is 15.8. The number of rotatable bonds is 3. The van der Waals surface area contributed by atoms with Gasteiger partial charge in [-0.2, -0.15) is 5.10 Å². The molecule has 0 saturated carbocycles. The molecule has 0 aliphatic heterocycles. The van der Waals surface area contributed by atoms with Crippen molar-refractivity contribution in [2.24, 2.45) is 0 Å². The molecule has 0 aromatic carbocycles. The van der Waals surface area contributed by atoms with E-state index < -0.39 is 0 Å². The number of esters is 1. The Morgan fingerprint density at radius 1 is 1.17 bits per heavy atom. The summed E-state index contributed by atoms with van der Waals surface area (Å²) in [6.07, 6.45) is 3.32. The van der Waals surface area contributed by atoms with E-state index in [-0.39, 0.29) is 5.97 Å². The predicted octanol–water partition coefficient (Wildman–Crippen LogP) is 4.83. The highest BCUT2D eigenvalue weighted by atomic mass is 16.5. The van der Waals surface area contributed by atoms with Gasteiger partial charge in [-0.1, -0.05) is 41.5 Å². The Hall–Kier alpha value is -2.17. The van der Waals surface area contributed by atoms with Crippen molar-refractivity contribution in [2.75, 3.05) is 6.61 Å². The van der Waals surface area contributed by atoms with Gasteiger partial charge >= 0.3 is 5.97 Å². The smallest absolute Gasteiger partial charge is 0.357 e. The van der Waals surface area contributed by atoms with Gasteiger partial charge in [0, 0.05) is 6.20 Å². The fourth-order valence-electron chi connectivity index (χ4n) is 1.53. The fraction of sp³-hybridized carbons (Fsp3) is 0.500. The van der Waals surface area contributed by atoms with Gasteiger partial charge in [0.15, 0.2) is 5.69 Å². The van der Waals surface area contributed by atoms with Crippen LogP contribution in [-0.4, -0.2) is 27.3 Å². The van der Waals surface area contributed by atoms with Crippen molar-refractivity contribution in [3.8, 4) is 5.69 Å². The second-order valence-electron chi connectivity index (χ2n) is 3.51. The van der Waals surface area contributed by atoms with Gasteiger partial charge in [0.05, 0.1) is 24.2 Å². The lowest BCUT2D eigenvalue weighted by Crippen LogP contribution is -2.12. The largest absolute Gasteiger partial charge is 0.461 e. The van der Waals surface area contributed by atoms with E-state index in [9.17, 15) is 4.79 Å². The van der Waals surface area contributed by atoms with Crippen LogP contribution in [0.4, 0.5) is 0 Å². The first-order valence-electron chi connectivity index (χ1n) is 8.36. The molecule has 0 saturated heterocycles. The van der Waals surface area contributed by atoms with Gasteiger partial charge in [0.1, 0.15) is 0 Å². The van der Waals surface area contributed by atoms with E-state index in [2.05, 4.69) is 10.1 Å². The van der Waals surface area contributed by atoms with Crippen LogP contribution in [0.15, 0.2) is 30.6 Å². The summed E-state index contributed by atoms with van der Waals surface area (Å²) in [4.78, 5) is 15.8. The third kappa shape index (κ3) is 7.58. The van der Waals surface area contributed by atoms with Crippen LogP contribution in [0.1, 0.15) is 64.6 Å². The maximum absolute atomic E-state index is 11.7. The molecular weight excluding hydrogens is 290 g/mol. The predicted molar refractivity (Wildman–Crippen MR) is 96.1 cm³/mol. The minimum Gasteiger partial charge on any atom is -0.461 e. The van der Waals surface area contributed by atoms with E-state index in [1.54, 1.807) is 36.1 Å². The van der Waals surface area contributed by atoms with Crippen molar-refractivity contribution in [3.05, 3.63) is 42.0 Å². The summed E-state index contributed by atoms with van der Waals surface area (Å²) >= 11 is 0. The molecule has 130 valence electrons. The number of hydrogen-bond donors (Lipinski definition) is 0. The van der Waals surface area contributed by atoms with E-state index >= 15 is 0 Å². The van der Waals surface area contributed by atoms with Crippen molar-refractivity contribution in [1.29, 1.82) is 0 Å². The normalized spacial score (nSPS) is 8.35. The summed E-state index contributed by atoms with van der Waals surface area (Å²) in [6.45, 7) is 15.9.